The number of amides is 2. The van der Waals surface area contributed by atoms with Crippen LogP contribution in [0.3, 0.4) is 0 Å². The van der Waals surface area contributed by atoms with Gasteiger partial charge in [0, 0.05) is 25.7 Å². The van der Waals surface area contributed by atoms with E-state index in [0.717, 1.165) is 32.2 Å². The lowest BCUT2D eigenvalue weighted by atomic mass is 9.97. The average Bonchev–Trinajstić information content (AvgIpc) is 3.25. The van der Waals surface area contributed by atoms with Crippen molar-refractivity contribution in [2.45, 2.75) is 31.7 Å². The molecule has 2 atom stereocenters. The smallest absolute Gasteiger partial charge is 0.273 e. The van der Waals surface area contributed by atoms with Crippen LogP contribution in [0, 0.1) is 16.0 Å². The Morgan fingerprint density at radius 1 is 1.31 bits per heavy atom. The Hall–Kier alpha value is -2.39. The first kappa shape index (κ1) is 22.9. The number of hydrogen-bond acceptors (Lipinski definition) is 6. The van der Waals surface area contributed by atoms with E-state index in [1.807, 2.05) is 0 Å². The van der Waals surface area contributed by atoms with Crippen LogP contribution in [0.4, 0.5) is 5.69 Å². The van der Waals surface area contributed by atoms with Crippen LogP contribution in [0.2, 0.25) is 0 Å². The van der Waals surface area contributed by atoms with Crippen molar-refractivity contribution in [3.8, 4) is 5.75 Å². The van der Waals surface area contributed by atoms with Gasteiger partial charge in [-0.05, 0) is 44.2 Å². The first-order valence-corrected chi connectivity index (χ1v) is 9.69. The molecule has 0 saturated carbocycles. The van der Waals surface area contributed by atoms with Crippen LogP contribution in [0.5, 0.6) is 5.75 Å². The third-order valence-corrected chi connectivity index (χ3v) is 5.20. The molecule has 2 unspecified atom stereocenters. The molecule has 2 aliphatic rings. The van der Waals surface area contributed by atoms with E-state index in [1.54, 1.807) is 11.0 Å². The van der Waals surface area contributed by atoms with Gasteiger partial charge in [-0.3, -0.25) is 19.7 Å². The average molecular weight is 427 g/mol. The molecular weight excluding hydrogens is 400 g/mol. The molecule has 0 bridgehead atoms. The van der Waals surface area contributed by atoms with Crippen molar-refractivity contribution in [2.75, 3.05) is 32.8 Å². The molecule has 2 N–H and O–H groups in total. The van der Waals surface area contributed by atoms with Crippen LogP contribution in [0.25, 0.3) is 0 Å². The first-order valence-electron chi connectivity index (χ1n) is 9.69. The molecule has 1 aromatic rings. The molecule has 0 aliphatic carbocycles. The summed E-state index contributed by atoms with van der Waals surface area (Å²) >= 11 is 0. The second-order valence-electron chi connectivity index (χ2n) is 7.29. The van der Waals surface area contributed by atoms with E-state index in [1.165, 1.54) is 18.2 Å². The van der Waals surface area contributed by atoms with Crippen LogP contribution in [-0.2, 0) is 9.59 Å². The topological polar surface area (TPSA) is 114 Å². The van der Waals surface area contributed by atoms with Gasteiger partial charge in [-0.25, -0.2) is 0 Å². The van der Waals surface area contributed by atoms with E-state index < -0.39 is 4.92 Å². The van der Waals surface area contributed by atoms with Gasteiger partial charge in [0.15, 0.2) is 6.61 Å². The molecule has 2 amide bonds. The lowest BCUT2D eigenvalue weighted by Crippen LogP contribution is -2.47. The van der Waals surface area contributed by atoms with E-state index in [2.05, 4.69) is 10.6 Å². The molecule has 9 nitrogen and oxygen atoms in total. The highest BCUT2D eigenvalue weighted by molar-refractivity contribution is 5.85. The van der Waals surface area contributed by atoms with Gasteiger partial charge in [0.2, 0.25) is 5.91 Å². The van der Waals surface area contributed by atoms with Crippen molar-refractivity contribution in [1.82, 2.24) is 15.5 Å². The number of likely N-dealkylation sites (tertiary alicyclic amines) is 1. The van der Waals surface area contributed by atoms with Gasteiger partial charge in [0.05, 0.1) is 17.0 Å². The number of halogens is 1. The van der Waals surface area contributed by atoms with Gasteiger partial charge in [-0.1, -0.05) is 6.07 Å². The lowest BCUT2D eigenvalue weighted by molar-refractivity contribution is -0.384. The number of rotatable bonds is 7. The Kier molecular flexibility index (Phi) is 8.66. The highest BCUT2D eigenvalue weighted by Gasteiger charge is 2.26. The summed E-state index contributed by atoms with van der Waals surface area (Å²) < 4.78 is 5.44. The number of nitro groups is 1. The second-order valence-corrected chi connectivity index (χ2v) is 7.29. The summed E-state index contributed by atoms with van der Waals surface area (Å²) in [5.74, 6) is 0.406. The summed E-state index contributed by atoms with van der Waals surface area (Å²) in [4.78, 5) is 36.6. The van der Waals surface area contributed by atoms with E-state index in [9.17, 15) is 19.7 Å². The predicted molar refractivity (Wildman–Crippen MR) is 109 cm³/mol. The van der Waals surface area contributed by atoms with Crippen LogP contribution in [-0.4, -0.2) is 60.5 Å². The maximum atomic E-state index is 12.5. The SMILES string of the molecule is Cl.O=C(NCC1CCCN(C(=O)COc2cccc([N+](=O)[O-])c2)C1)C1CCCN1. The Labute approximate surface area is 175 Å². The standard InChI is InChI=1S/C19H26N4O5.ClH/c24-18(13-28-16-6-1-5-15(10-16)23(26)27)22-9-3-4-14(12-22)11-21-19(25)17-7-2-8-20-17;/h1,5-6,10,14,17,20H,2-4,7-9,11-13H2,(H,21,25);1H. The molecule has 160 valence electrons. The van der Waals surface area contributed by atoms with Crippen LogP contribution in [0.1, 0.15) is 25.7 Å². The maximum Gasteiger partial charge on any atom is 0.273 e. The molecule has 0 radical (unpaired) electrons. The van der Waals surface area contributed by atoms with Crippen molar-refractivity contribution in [3.63, 3.8) is 0 Å². The number of piperidine rings is 1. The summed E-state index contributed by atoms with van der Waals surface area (Å²) in [5, 5.41) is 17.0. The fourth-order valence-electron chi connectivity index (χ4n) is 3.66. The molecule has 29 heavy (non-hydrogen) atoms. The van der Waals surface area contributed by atoms with Gasteiger partial charge < -0.3 is 20.3 Å². The third-order valence-electron chi connectivity index (χ3n) is 5.20. The zero-order chi connectivity index (χ0) is 19.9. The number of nitrogens with zero attached hydrogens (tertiary/aromatic N) is 2. The highest BCUT2D eigenvalue weighted by Crippen LogP contribution is 2.20. The molecule has 0 spiro atoms. The van der Waals surface area contributed by atoms with Crippen molar-refractivity contribution in [1.29, 1.82) is 0 Å². The Morgan fingerprint density at radius 3 is 2.86 bits per heavy atom. The second kappa shape index (κ2) is 11.0. The molecule has 10 heteroatoms. The van der Waals surface area contributed by atoms with Crippen molar-refractivity contribution < 1.29 is 19.2 Å². The van der Waals surface area contributed by atoms with Gasteiger partial charge in [-0.15, -0.1) is 12.4 Å². The Morgan fingerprint density at radius 2 is 2.14 bits per heavy atom. The molecule has 2 aliphatic heterocycles. The minimum atomic E-state index is -0.501. The third kappa shape index (κ3) is 6.57. The van der Waals surface area contributed by atoms with E-state index in [0.29, 0.717) is 25.4 Å². The predicted octanol–water partition coefficient (Wildman–Crippen LogP) is 1.50. The summed E-state index contributed by atoms with van der Waals surface area (Å²) in [6.45, 7) is 2.52. The van der Waals surface area contributed by atoms with Crippen molar-refractivity contribution in [3.05, 3.63) is 34.4 Å². The van der Waals surface area contributed by atoms with Gasteiger partial charge >= 0.3 is 0 Å². The number of nitrogens with one attached hydrogen (secondary N) is 2. The Balaban J connectivity index is 0.00000300. The van der Waals surface area contributed by atoms with Crippen LogP contribution in [0.15, 0.2) is 24.3 Å². The molecule has 3 rings (SSSR count). The van der Waals surface area contributed by atoms with E-state index in [4.69, 9.17) is 4.74 Å². The number of benzene rings is 1. The Bertz CT molecular complexity index is 726. The minimum absolute atomic E-state index is 0. The molecular formula is C19H27ClN4O5. The van der Waals surface area contributed by atoms with E-state index >= 15 is 0 Å². The molecule has 2 fully saturated rings. The number of carbonyl (C=O) groups excluding carboxylic acids is 2. The quantitative estimate of drug-likeness (QED) is 0.504. The zero-order valence-corrected chi connectivity index (χ0v) is 17.0. The minimum Gasteiger partial charge on any atom is -0.484 e. The number of non-ortho nitro benzene ring substituents is 1. The number of nitro benzene ring substituents is 1. The largest absolute Gasteiger partial charge is 0.484 e. The molecule has 0 aromatic heterocycles. The number of ether oxygens (including phenoxy) is 1. The fourth-order valence-corrected chi connectivity index (χ4v) is 3.66. The van der Waals surface area contributed by atoms with Gasteiger partial charge in [0.1, 0.15) is 5.75 Å². The summed E-state index contributed by atoms with van der Waals surface area (Å²) in [5.41, 5.74) is -0.0736. The number of hydrogen-bond donors (Lipinski definition) is 2. The van der Waals surface area contributed by atoms with Crippen LogP contribution >= 0.6 is 12.4 Å². The van der Waals surface area contributed by atoms with E-state index in [-0.39, 0.29) is 48.5 Å². The zero-order valence-electron chi connectivity index (χ0n) is 16.2. The van der Waals surface area contributed by atoms with Crippen molar-refractivity contribution in [2.24, 2.45) is 5.92 Å². The monoisotopic (exact) mass is 426 g/mol. The molecule has 2 saturated heterocycles. The summed E-state index contributed by atoms with van der Waals surface area (Å²) in [7, 11) is 0. The lowest BCUT2D eigenvalue weighted by Gasteiger charge is -2.33. The van der Waals surface area contributed by atoms with Gasteiger partial charge in [-0.2, -0.15) is 0 Å². The van der Waals surface area contributed by atoms with Gasteiger partial charge in [0.25, 0.3) is 11.6 Å². The highest BCUT2D eigenvalue weighted by atomic mass is 35.5. The molecule has 1 aromatic carbocycles. The first-order chi connectivity index (χ1) is 13.5. The molecule has 2 heterocycles. The van der Waals surface area contributed by atoms with Crippen molar-refractivity contribution >= 4 is 29.9 Å². The fraction of sp³-hybridized carbons (Fsp3) is 0.579. The summed E-state index contributed by atoms with van der Waals surface area (Å²) in [6.07, 6.45) is 3.74. The van der Waals surface area contributed by atoms with Crippen LogP contribution < -0.4 is 15.4 Å². The normalized spacial score (nSPS) is 21.2. The maximum absolute atomic E-state index is 12.5. The number of carbonyl (C=O) groups is 2. The summed E-state index contributed by atoms with van der Waals surface area (Å²) in [6, 6.07) is 5.70.